The van der Waals surface area contributed by atoms with Crippen LogP contribution in [0.1, 0.15) is 32.4 Å². The lowest BCUT2D eigenvalue weighted by Crippen LogP contribution is -2.45. The second-order valence-corrected chi connectivity index (χ2v) is 6.20. The van der Waals surface area contributed by atoms with Crippen molar-refractivity contribution in [1.29, 1.82) is 0 Å². The molecule has 6 nitrogen and oxygen atoms in total. The van der Waals surface area contributed by atoms with E-state index in [9.17, 15) is 4.79 Å². The summed E-state index contributed by atoms with van der Waals surface area (Å²) >= 11 is 5.78. The maximum Gasteiger partial charge on any atom is 0.242 e. The average Bonchev–Trinajstić information content (AvgIpc) is 2.95. The van der Waals surface area contributed by atoms with Crippen LogP contribution in [0, 0.1) is 6.92 Å². The van der Waals surface area contributed by atoms with Crippen molar-refractivity contribution in [3.05, 3.63) is 41.3 Å². The third-order valence-electron chi connectivity index (χ3n) is 3.76. The summed E-state index contributed by atoms with van der Waals surface area (Å²) in [5, 5.41) is 10.9. The number of aryl methyl sites for hydroxylation is 1. The molecule has 0 aliphatic carbocycles. The number of halogens is 1. The van der Waals surface area contributed by atoms with E-state index >= 15 is 0 Å². The lowest BCUT2D eigenvalue weighted by Gasteiger charge is -2.25. The largest absolute Gasteiger partial charge is 0.309 e. The highest BCUT2D eigenvalue weighted by molar-refractivity contribution is 6.30. The Morgan fingerprint density at radius 2 is 2.00 bits per heavy atom. The van der Waals surface area contributed by atoms with Crippen molar-refractivity contribution < 1.29 is 4.79 Å². The molecule has 0 saturated heterocycles. The van der Waals surface area contributed by atoms with Gasteiger partial charge in [0.25, 0.3) is 0 Å². The molecule has 0 radical (unpaired) electrons. The molecule has 0 aliphatic rings. The minimum atomic E-state index is -0.360. The first-order valence-corrected chi connectivity index (χ1v) is 7.94. The van der Waals surface area contributed by atoms with Gasteiger partial charge in [-0.1, -0.05) is 11.6 Å². The van der Waals surface area contributed by atoms with Gasteiger partial charge in [0.05, 0.1) is 23.3 Å². The van der Waals surface area contributed by atoms with E-state index in [4.69, 9.17) is 11.6 Å². The number of aromatic nitrogens is 3. The van der Waals surface area contributed by atoms with E-state index in [1.54, 1.807) is 12.1 Å². The standard InChI is InChI=1S/C16H22ClN5O/c1-10-7-19-22(9-10)13(4)11(2)20-12(3)16(23)21-15-6-5-14(17)8-18-15/h5-9,11-13,20H,1-4H3,(H,18,21,23)/t11-,12+,13+/m0/s1. The maximum atomic E-state index is 12.2. The van der Waals surface area contributed by atoms with Crippen LogP contribution < -0.4 is 10.6 Å². The van der Waals surface area contributed by atoms with Crippen LogP contribution in [0.3, 0.4) is 0 Å². The summed E-state index contributed by atoms with van der Waals surface area (Å²) in [4.78, 5) is 16.3. The van der Waals surface area contributed by atoms with E-state index in [1.165, 1.54) is 6.20 Å². The Bertz CT molecular complexity index is 655. The van der Waals surface area contributed by atoms with Crippen molar-refractivity contribution in [3.63, 3.8) is 0 Å². The summed E-state index contributed by atoms with van der Waals surface area (Å²) in [6, 6.07) is 3.21. The molecule has 2 N–H and O–H groups in total. The smallest absolute Gasteiger partial charge is 0.242 e. The van der Waals surface area contributed by atoms with Crippen LogP contribution in [0.5, 0.6) is 0 Å². The fourth-order valence-corrected chi connectivity index (χ4v) is 2.29. The van der Waals surface area contributed by atoms with E-state index in [0.29, 0.717) is 10.8 Å². The van der Waals surface area contributed by atoms with E-state index < -0.39 is 0 Å². The third kappa shape index (κ3) is 4.77. The monoisotopic (exact) mass is 335 g/mol. The van der Waals surface area contributed by atoms with Crippen molar-refractivity contribution in [2.45, 2.75) is 45.8 Å². The molecule has 2 aromatic heterocycles. The Labute approximate surface area is 141 Å². The SMILES string of the molecule is Cc1cnn([C@H](C)[C@H](C)N[C@H](C)C(=O)Nc2ccc(Cl)cn2)c1. The molecule has 0 saturated carbocycles. The molecule has 7 heteroatoms. The van der Waals surface area contributed by atoms with Gasteiger partial charge < -0.3 is 10.6 Å². The number of hydrogen-bond donors (Lipinski definition) is 2. The molecule has 0 fully saturated rings. The molecule has 2 aromatic rings. The van der Waals surface area contributed by atoms with E-state index in [0.717, 1.165) is 5.56 Å². The molecule has 2 heterocycles. The molecule has 0 unspecified atom stereocenters. The van der Waals surface area contributed by atoms with Gasteiger partial charge in [0.2, 0.25) is 5.91 Å². The predicted octanol–water partition coefficient (Wildman–Crippen LogP) is 2.81. The molecule has 3 atom stereocenters. The van der Waals surface area contributed by atoms with Gasteiger partial charge in [-0.3, -0.25) is 9.48 Å². The van der Waals surface area contributed by atoms with Crippen molar-refractivity contribution >= 4 is 23.3 Å². The predicted molar refractivity (Wildman–Crippen MR) is 91.6 cm³/mol. The number of amides is 1. The second kappa shape index (κ2) is 7.57. The quantitative estimate of drug-likeness (QED) is 0.851. The van der Waals surface area contributed by atoms with Gasteiger partial charge in [-0.2, -0.15) is 5.10 Å². The van der Waals surface area contributed by atoms with Crippen LogP contribution >= 0.6 is 11.6 Å². The van der Waals surface area contributed by atoms with Crippen LogP contribution in [0.15, 0.2) is 30.7 Å². The highest BCUT2D eigenvalue weighted by Gasteiger charge is 2.20. The first kappa shape index (κ1) is 17.4. The number of rotatable bonds is 6. The van der Waals surface area contributed by atoms with Crippen LogP contribution in [0.25, 0.3) is 0 Å². The summed E-state index contributed by atoms with van der Waals surface area (Å²) < 4.78 is 1.90. The molecule has 23 heavy (non-hydrogen) atoms. The zero-order valence-corrected chi connectivity index (χ0v) is 14.5. The summed E-state index contributed by atoms with van der Waals surface area (Å²) in [5.74, 6) is 0.340. The molecule has 0 aromatic carbocycles. The number of anilines is 1. The summed E-state index contributed by atoms with van der Waals surface area (Å²) in [6.45, 7) is 7.92. The minimum Gasteiger partial charge on any atom is -0.309 e. The molecule has 0 spiro atoms. The van der Waals surface area contributed by atoms with Gasteiger partial charge in [-0.05, 0) is 45.4 Å². The number of carbonyl (C=O) groups excluding carboxylic acids is 1. The minimum absolute atomic E-state index is 0.0771. The molecule has 2 rings (SSSR count). The topological polar surface area (TPSA) is 71.8 Å². The van der Waals surface area contributed by atoms with Crippen LogP contribution in [-0.4, -0.2) is 32.8 Å². The molecule has 124 valence electrons. The molecule has 0 bridgehead atoms. The van der Waals surface area contributed by atoms with Crippen molar-refractivity contribution in [1.82, 2.24) is 20.1 Å². The fraction of sp³-hybridized carbons (Fsp3) is 0.438. The van der Waals surface area contributed by atoms with Gasteiger partial charge >= 0.3 is 0 Å². The molecular formula is C16H22ClN5O. The van der Waals surface area contributed by atoms with Crippen molar-refractivity contribution in [3.8, 4) is 0 Å². The van der Waals surface area contributed by atoms with E-state index in [1.807, 2.05) is 37.8 Å². The Kier molecular flexibility index (Phi) is 5.74. The van der Waals surface area contributed by atoms with E-state index in [-0.39, 0.29) is 24.0 Å². The third-order valence-corrected chi connectivity index (χ3v) is 3.98. The van der Waals surface area contributed by atoms with E-state index in [2.05, 4.69) is 27.6 Å². The summed E-state index contributed by atoms with van der Waals surface area (Å²) in [6.07, 6.45) is 5.32. The van der Waals surface area contributed by atoms with Gasteiger partial charge in [-0.25, -0.2) is 4.98 Å². The van der Waals surface area contributed by atoms with Gasteiger partial charge in [0.1, 0.15) is 5.82 Å². The Morgan fingerprint density at radius 3 is 2.57 bits per heavy atom. The highest BCUT2D eigenvalue weighted by Crippen LogP contribution is 2.12. The van der Waals surface area contributed by atoms with Crippen molar-refractivity contribution in [2.75, 3.05) is 5.32 Å². The number of carbonyl (C=O) groups is 1. The first-order valence-electron chi connectivity index (χ1n) is 7.56. The lowest BCUT2D eigenvalue weighted by atomic mass is 10.1. The second-order valence-electron chi connectivity index (χ2n) is 5.77. The number of nitrogens with zero attached hydrogens (tertiary/aromatic N) is 3. The zero-order valence-electron chi connectivity index (χ0n) is 13.7. The normalized spacial score (nSPS) is 15.0. The van der Waals surface area contributed by atoms with Gasteiger partial charge in [0.15, 0.2) is 0 Å². The van der Waals surface area contributed by atoms with Crippen LogP contribution in [-0.2, 0) is 4.79 Å². The van der Waals surface area contributed by atoms with Gasteiger partial charge in [0, 0.05) is 18.4 Å². The van der Waals surface area contributed by atoms with Gasteiger partial charge in [-0.15, -0.1) is 0 Å². The summed E-state index contributed by atoms with van der Waals surface area (Å²) in [5.41, 5.74) is 1.11. The fourth-order valence-electron chi connectivity index (χ4n) is 2.18. The average molecular weight is 336 g/mol. The number of pyridine rings is 1. The van der Waals surface area contributed by atoms with Crippen LogP contribution in [0.2, 0.25) is 5.02 Å². The Hall–Kier alpha value is -1.92. The highest BCUT2D eigenvalue weighted by atomic mass is 35.5. The number of hydrogen-bond acceptors (Lipinski definition) is 4. The maximum absolute atomic E-state index is 12.2. The Balaban J connectivity index is 1.90. The molecule has 0 aliphatic heterocycles. The molecular weight excluding hydrogens is 314 g/mol. The van der Waals surface area contributed by atoms with Crippen molar-refractivity contribution in [2.24, 2.45) is 0 Å². The Morgan fingerprint density at radius 1 is 1.26 bits per heavy atom. The summed E-state index contributed by atoms with van der Waals surface area (Å²) in [7, 11) is 0. The molecule has 1 amide bonds. The first-order chi connectivity index (χ1) is 10.9. The lowest BCUT2D eigenvalue weighted by molar-refractivity contribution is -0.118. The zero-order chi connectivity index (χ0) is 17.0. The van der Waals surface area contributed by atoms with Crippen LogP contribution in [0.4, 0.5) is 5.82 Å². The number of nitrogens with one attached hydrogen (secondary N) is 2.